The maximum Gasteiger partial charge on any atom is 0.250 e. The molecule has 0 spiro atoms. The number of amides is 1. The molecule has 0 heterocycles. The van der Waals surface area contributed by atoms with Crippen LogP contribution in [0.2, 0.25) is 0 Å². The second-order valence-electron chi connectivity index (χ2n) is 5.21. The lowest BCUT2D eigenvalue weighted by atomic mass is 10.2. The first kappa shape index (κ1) is 17.7. The van der Waals surface area contributed by atoms with Gasteiger partial charge in [0.15, 0.2) is 5.11 Å². The number of nitrogens with one attached hydrogen (secondary N) is 1. The topological polar surface area (TPSA) is 41.6 Å². The van der Waals surface area contributed by atoms with Crippen molar-refractivity contribution in [2.24, 2.45) is 0 Å². The van der Waals surface area contributed by atoms with E-state index >= 15 is 0 Å². The Kier molecular flexibility index (Phi) is 6.51. The SMILES string of the molecule is COc1ccccc1/C=C/C(=O)NC(=S)N(C)Cc1ccccc1. The van der Waals surface area contributed by atoms with Crippen molar-refractivity contribution < 1.29 is 9.53 Å². The first-order valence-corrected chi connectivity index (χ1v) is 7.92. The highest BCUT2D eigenvalue weighted by atomic mass is 32.1. The van der Waals surface area contributed by atoms with Crippen molar-refractivity contribution in [2.75, 3.05) is 14.2 Å². The van der Waals surface area contributed by atoms with Gasteiger partial charge in [-0.15, -0.1) is 0 Å². The van der Waals surface area contributed by atoms with Crippen molar-refractivity contribution in [2.45, 2.75) is 6.54 Å². The number of hydrogen-bond acceptors (Lipinski definition) is 3. The fourth-order valence-electron chi connectivity index (χ4n) is 2.14. The van der Waals surface area contributed by atoms with Gasteiger partial charge in [-0.25, -0.2) is 0 Å². The predicted octanol–water partition coefficient (Wildman–Crippen LogP) is 3.24. The molecule has 0 bridgehead atoms. The average molecular weight is 340 g/mol. The standard InChI is InChI=1S/C19H20N2O2S/c1-21(14-15-8-4-3-5-9-15)19(24)20-18(22)13-12-16-10-6-7-11-17(16)23-2/h3-13H,14H2,1-2H3,(H,20,22,24)/b13-12+. The third-order valence-corrected chi connectivity index (χ3v) is 3.81. The maximum atomic E-state index is 12.0. The van der Waals surface area contributed by atoms with Crippen molar-refractivity contribution in [3.05, 3.63) is 71.8 Å². The molecule has 0 aliphatic heterocycles. The summed E-state index contributed by atoms with van der Waals surface area (Å²) in [6, 6.07) is 17.4. The monoisotopic (exact) mass is 340 g/mol. The number of methoxy groups -OCH3 is 1. The van der Waals surface area contributed by atoms with Gasteiger partial charge >= 0.3 is 0 Å². The molecule has 0 saturated carbocycles. The summed E-state index contributed by atoms with van der Waals surface area (Å²) in [6.07, 6.45) is 3.15. The Balaban J connectivity index is 1.91. The van der Waals surface area contributed by atoms with Gasteiger partial charge in [0.1, 0.15) is 5.75 Å². The summed E-state index contributed by atoms with van der Waals surface area (Å²) in [5, 5.41) is 3.08. The lowest BCUT2D eigenvalue weighted by molar-refractivity contribution is -0.115. The first-order valence-electron chi connectivity index (χ1n) is 7.51. The highest BCUT2D eigenvalue weighted by Crippen LogP contribution is 2.18. The van der Waals surface area contributed by atoms with Gasteiger partial charge in [-0.2, -0.15) is 0 Å². The number of benzene rings is 2. The van der Waals surface area contributed by atoms with Crippen molar-refractivity contribution in [3.8, 4) is 5.75 Å². The lowest BCUT2D eigenvalue weighted by Gasteiger charge is -2.19. The molecule has 4 nitrogen and oxygen atoms in total. The molecule has 0 aromatic heterocycles. The molecular weight excluding hydrogens is 320 g/mol. The summed E-state index contributed by atoms with van der Waals surface area (Å²) < 4.78 is 5.25. The maximum absolute atomic E-state index is 12.0. The molecule has 5 heteroatoms. The summed E-state index contributed by atoms with van der Waals surface area (Å²) >= 11 is 5.27. The van der Waals surface area contributed by atoms with Gasteiger partial charge in [0.25, 0.3) is 0 Å². The summed E-state index contributed by atoms with van der Waals surface area (Å²) in [6.45, 7) is 0.635. The molecule has 0 fully saturated rings. The first-order chi connectivity index (χ1) is 11.6. The molecule has 0 saturated heterocycles. The van der Waals surface area contributed by atoms with Crippen molar-refractivity contribution >= 4 is 29.3 Å². The summed E-state index contributed by atoms with van der Waals surface area (Å²) in [4.78, 5) is 13.8. The van der Waals surface area contributed by atoms with Crippen LogP contribution < -0.4 is 10.1 Å². The fraction of sp³-hybridized carbons (Fsp3) is 0.158. The Bertz CT molecular complexity index is 729. The summed E-state index contributed by atoms with van der Waals surface area (Å²) in [7, 11) is 3.44. The number of ether oxygens (including phenoxy) is 1. The largest absolute Gasteiger partial charge is 0.496 e. The molecular formula is C19H20N2O2S. The second kappa shape index (κ2) is 8.84. The van der Waals surface area contributed by atoms with E-state index in [1.54, 1.807) is 13.2 Å². The van der Waals surface area contributed by atoms with E-state index in [0.29, 0.717) is 17.4 Å². The molecule has 2 rings (SSSR count). The average Bonchev–Trinajstić information content (AvgIpc) is 2.61. The third-order valence-electron chi connectivity index (χ3n) is 3.39. The van der Waals surface area contributed by atoms with Crippen LogP contribution in [-0.2, 0) is 11.3 Å². The minimum Gasteiger partial charge on any atom is -0.496 e. The van der Waals surface area contributed by atoms with Gasteiger partial charge in [-0.1, -0.05) is 48.5 Å². The van der Waals surface area contributed by atoms with Gasteiger partial charge in [-0.05, 0) is 29.9 Å². The van der Waals surface area contributed by atoms with E-state index in [2.05, 4.69) is 5.32 Å². The van der Waals surface area contributed by atoms with Crippen LogP contribution in [0.4, 0.5) is 0 Å². The van der Waals surface area contributed by atoms with Crippen LogP contribution in [0.25, 0.3) is 6.08 Å². The molecule has 2 aromatic rings. The summed E-state index contributed by atoms with van der Waals surface area (Å²) in [5.41, 5.74) is 1.96. The van der Waals surface area contributed by atoms with Gasteiger partial charge in [0, 0.05) is 25.2 Å². The van der Waals surface area contributed by atoms with E-state index in [1.807, 2.05) is 66.5 Å². The highest BCUT2D eigenvalue weighted by molar-refractivity contribution is 7.80. The molecule has 1 N–H and O–H groups in total. The van der Waals surface area contributed by atoms with Crippen molar-refractivity contribution in [1.82, 2.24) is 10.2 Å². The van der Waals surface area contributed by atoms with Crippen LogP contribution in [0.5, 0.6) is 5.75 Å². The van der Waals surface area contributed by atoms with Crippen molar-refractivity contribution in [1.29, 1.82) is 0 Å². The molecule has 1 amide bonds. The molecule has 0 unspecified atom stereocenters. The van der Waals surface area contributed by atoms with Crippen molar-refractivity contribution in [3.63, 3.8) is 0 Å². The molecule has 2 aromatic carbocycles. The smallest absolute Gasteiger partial charge is 0.250 e. The van der Waals surface area contributed by atoms with E-state index in [1.165, 1.54) is 6.08 Å². The zero-order valence-electron chi connectivity index (χ0n) is 13.7. The molecule has 0 aliphatic rings. The molecule has 0 atom stereocenters. The number of para-hydroxylation sites is 1. The van der Waals surface area contributed by atoms with E-state index < -0.39 is 0 Å². The van der Waals surface area contributed by atoms with Crippen LogP contribution in [0.3, 0.4) is 0 Å². The number of carbonyl (C=O) groups excluding carboxylic acids is 1. The normalized spacial score (nSPS) is 10.4. The van der Waals surface area contributed by atoms with E-state index in [4.69, 9.17) is 17.0 Å². The van der Waals surface area contributed by atoms with Crippen LogP contribution in [0.1, 0.15) is 11.1 Å². The van der Waals surface area contributed by atoms with Gasteiger partial charge in [0.2, 0.25) is 5.91 Å². The van der Waals surface area contributed by atoms with Crippen LogP contribution in [0, 0.1) is 0 Å². The Morgan fingerprint density at radius 2 is 1.83 bits per heavy atom. The van der Waals surface area contributed by atoms with Crippen LogP contribution >= 0.6 is 12.2 Å². The molecule has 0 radical (unpaired) electrons. The Morgan fingerprint density at radius 3 is 2.54 bits per heavy atom. The molecule has 124 valence electrons. The zero-order chi connectivity index (χ0) is 17.4. The Morgan fingerprint density at radius 1 is 1.17 bits per heavy atom. The Hall–Kier alpha value is -2.66. The lowest BCUT2D eigenvalue weighted by Crippen LogP contribution is -2.39. The van der Waals surface area contributed by atoms with Gasteiger partial charge in [-0.3, -0.25) is 10.1 Å². The predicted molar refractivity (Wildman–Crippen MR) is 101 cm³/mol. The molecule has 24 heavy (non-hydrogen) atoms. The number of thiocarbonyl (C=S) groups is 1. The highest BCUT2D eigenvalue weighted by Gasteiger charge is 2.07. The number of hydrogen-bond donors (Lipinski definition) is 1. The quantitative estimate of drug-likeness (QED) is 0.670. The van der Waals surface area contributed by atoms with Crippen LogP contribution in [-0.4, -0.2) is 30.1 Å². The zero-order valence-corrected chi connectivity index (χ0v) is 14.5. The van der Waals surface area contributed by atoms with Gasteiger partial charge < -0.3 is 9.64 Å². The number of carbonyl (C=O) groups is 1. The fourth-order valence-corrected chi connectivity index (χ4v) is 2.31. The number of nitrogens with zero attached hydrogens (tertiary/aromatic N) is 1. The number of rotatable bonds is 5. The van der Waals surface area contributed by atoms with Gasteiger partial charge in [0.05, 0.1) is 7.11 Å². The second-order valence-corrected chi connectivity index (χ2v) is 5.60. The third kappa shape index (κ3) is 5.21. The minimum atomic E-state index is -0.272. The van der Waals surface area contributed by atoms with E-state index in [0.717, 1.165) is 11.1 Å². The molecule has 0 aliphatic carbocycles. The van der Waals surface area contributed by atoms with E-state index in [9.17, 15) is 4.79 Å². The minimum absolute atomic E-state index is 0.272. The Labute approximate surface area is 147 Å². The van der Waals surface area contributed by atoms with Crippen LogP contribution in [0.15, 0.2) is 60.7 Å². The summed E-state index contributed by atoms with van der Waals surface area (Å²) in [5.74, 6) is 0.441. The van der Waals surface area contributed by atoms with E-state index in [-0.39, 0.29) is 5.91 Å².